The van der Waals surface area contributed by atoms with Gasteiger partial charge in [0.15, 0.2) is 11.5 Å². The molecule has 0 saturated carbocycles. The van der Waals surface area contributed by atoms with E-state index in [0.29, 0.717) is 12.8 Å². The van der Waals surface area contributed by atoms with Crippen LogP contribution in [-0.4, -0.2) is 37.4 Å². The molecular formula is C16H24N2O2. The highest BCUT2D eigenvalue weighted by Gasteiger charge is 2.19. The van der Waals surface area contributed by atoms with Crippen LogP contribution >= 0.6 is 0 Å². The molecule has 1 aromatic rings. The third-order valence-electron chi connectivity index (χ3n) is 4.02. The molecule has 2 aliphatic heterocycles. The van der Waals surface area contributed by atoms with Crippen LogP contribution in [0.1, 0.15) is 31.7 Å². The van der Waals surface area contributed by atoms with Gasteiger partial charge < -0.3 is 14.8 Å². The fraction of sp³-hybridized carbons (Fsp3) is 0.625. The second-order valence-electron chi connectivity index (χ2n) is 5.72. The van der Waals surface area contributed by atoms with Crippen molar-refractivity contribution >= 4 is 0 Å². The van der Waals surface area contributed by atoms with E-state index in [9.17, 15) is 0 Å². The molecule has 1 atom stereocenters. The first-order chi connectivity index (χ1) is 9.85. The standard InChI is InChI=1S/C16H24N2O2/c1-2-8-18(11-14-4-3-7-17-14)10-13-5-6-15-16(9-13)20-12-19-15/h5-6,9,14,17H,2-4,7-8,10-12H2,1H3. The molecule has 1 unspecified atom stereocenters. The summed E-state index contributed by atoms with van der Waals surface area (Å²) in [5.74, 6) is 1.76. The lowest BCUT2D eigenvalue weighted by molar-refractivity contribution is 0.174. The third kappa shape index (κ3) is 3.25. The van der Waals surface area contributed by atoms with E-state index >= 15 is 0 Å². The molecule has 2 heterocycles. The van der Waals surface area contributed by atoms with E-state index in [-0.39, 0.29) is 0 Å². The van der Waals surface area contributed by atoms with Gasteiger partial charge in [0.1, 0.15) is 0 Å². The van der Waals surface area contributed by atoms with E-state index in [1.165, 1.54) is 31.4 Å². The maximum Gasteiger partial charge on any atom is 0.231 e. The van der Waals surface area contributed by atoms with Crippen molar-refractivity contribution in [2.45, 2.75) is 38.8 Å². The largest absolute Gasteiger partial charge is 0.454 e. The Bertz CT molecular complexity index is 444. The summed E-state index contributed by atoms with van der Waals surface area (Å²) in [5.41, 5.74) is 1.31. The molecule has 0 radical (unpaired) electrons. The molecule has 0 amide bonds. The fourth-order valence-electron chi connectivity index (χ4n) is 3.07. The van der Waals surface area contributed by atoms with Crippen molar-refractivity contribution in [3.8, 4) is 11.5 Å². The van der Waals surface area contributed by atoms with E-state index in [2.05, 4.69) is 29.3 Å². The van der Waals surface area contributed by atoms with Crippen molar-refractivity contribution in [2.24, 2.45) is 0 Å². The van der Waals surface area contributed by atoms with E-state index < -0.39 is 0 Å². The van der Waals surface area contributed by atoms with Gasteiger partial charge in [-0.25, -0.2) is 0 Å². The predicted molar refractivity (Wildman–Crippen MR) is 79.2 cm³/mol. The van der Waals surface area contributed by atoms with Crippen LogP contribution in [0.2, 0.25) is 0 Å². The monoisotopic (exact) mass is 276 g/mol. The summed E-state index contributed by atoms with van der Waals surface area (Å²) < 4.78 is 10.8. The topological polar surface area (TPSA) is 33.7 Å². The van der Waals surface area contributed by atoms with Gasteiger partial charge in [-0.2, -0.15) is 0 Å². The molecule has 1 saturated heterocycles. The summed E-state index contributed by atoms with van der Waals surface area (Å²) in [6.45, 7) is 7.05. The van der Waals surface area contributed by atoms with E-state index in [4.69, 9.17) is 9.47 Å². The van der Waals surface area contributed by atoms with Crippen LogP contribution in [0.3, 0.4) is 0 Å². The van der Waals surface area contributed by atoms with Crippen LogP contribution in [0.5, 0.6) is 11.5 Å². The maximum atomic E-state index is 5.46. The zero-order valence-electron chi connectivity index (χ0n) is 12.2. The highest BCUT2D eigenvalue weighted by atomic mass is 16.7. The average molecular weight is 276 g/mol. The molecule has 3 rings (SSSR count). The quantitative estimate of drug-likeness (QED) is 0.865. The van der Waals surface area contributed by atoms with Gasteiger partial charge in [-0.3, -0.25) is 4.90 Å². The number of ether oxygens (including phenoxy) is 2. The SMILES string of the molecule is CCCN(Cc1ccc2c(c1)OCO2)CC1CCCN1. The summed E-state index contributed by atoms with van der Waals surface area (Å²) in [6, 6.07) is 6.96. The van der Waals surface area contributed by atoms with Crippen LogP contribution < -0.4 is 14.8 Å². The zero-order valence-corrected chi connectivity index (χ0v) is 12.2. The molecule has 1 fully saturated rings. The molecule has 0 spiro atoms. The van der Waals surface area contributed by atoms with Gasteiger partial charge in [-0.05, 0) is 50.0 Å². The molecular weight excluding hydrogens is 252 g/mol. The second-order valence-corrected chi connectivity index (χ2v) is 5.72. The zero-order chi connectivity index (χ0) is 13.8. The van der Waals surface area contributed by atoms with Crippen molar-refractivity contribution in [3.63, 3.8) is 0 Å². The van der Waals surface area contributed by atoms with Crippen LogP contribution in [0.4, 0.5) is 0 Å². The Kier molecular flexibility index (Phi) is 4.43. The van der Waals surface area contributed by atoms with Gasteiger partial charge in [0.2, 0.25) is 6.79 Å². The van der Waals surface area contributed by atoms with Crippen LogP contribution in [-0.2, 0) is 6.54 Å². The number of hydrogen-bond acceptors (Lipinski definition) is 4. The van der Waals surface area contributed by atoms with Crippen LogP contribution in [0, 0.1) is 0 Å². The maximum absolute atomic E-state index is 5.46. The van der Waals surface area contributed by atoms with Gasteiger partial charge in [0, 0.05) is 19.1 Å². The summed E-state index contributed by atoms with van der Waals surface area (Å²) in [7, 11) is 0. The minimum Gasteiger partial charge on any atom is -0.454 e. The molecule has 0 aromatic heterocycles. The van der Waals surface area contributed by atoms with Crippen molar-refractivity contribution in [1.82, 2.24) is 10.2 Å². The first-order valence-electron chi connectivity index (χ1n) is 7.69. The molecule has 2 aliphatic rings. The summed E-state index contributed by atoms with van der Waals surface area (Å²) >= 11 is 0. The molecule has 0 aliphatic carbocycles. The number of hydrogen-bond donors (Lipinski definition) is 1. The first-order valence-corrected chi connectivity index (χ1v) is 7.69. The Labute approximate surface area is 121 Å². The van der Waals surface area contributed by atoms with Gasteiger partial charge in [0.05, 0.1) is 0 Å². The average Bonchev–Trinajstić information content (AvgIpc) is 3.09. The van der Waals surface area contributed by atoms with Crippen molar-refractivity contribution < 1.29 is 9.47 Å². The molecule has 20 heavy (non-hydrogen) atoms. The van der Waals surface area contributed by atoms with Crippen molar-refractivity contribution in [1.29, 1.82) is 0 Å². The smallest absolute Gasteiger partial charge is 0.231 e. The molecule has 4 nitrogen and oxygen atoms in total. The van der Waals surface area contributed by atoms with E-state index in [1.54, 1.807) is 0 Å². The van der Waals surface area contributed by atoms with E-state index in [0.717, 1.165) is 31.1 Å². The summed E-state index contributed by atoms with van der Waals surface area (Å²) in [6.07, 6.45) is 3.81. The Morgan fingerprint density at radius 1 is 1.30 bits per heavy atom. The normalized spacial score (nSPS) is 20.8. The highest BCUT2D eigenvalue weighted by molar-refractivity contribution is 5.44. The fourth-order valence-corrected chi connectivity index (χ4v) is 3.07. The number of rotatable bonds is 6. The number of nitrogens with zero attached hydrogens (tertiary/aromatic N) is 1. The lowest BCUT2D eigenvalue weighted by atomic mass is 10.1. The molecule has 1 aromatic carbocycles. The Balaban J connectivity index is 1.62. The lowest BCUT2D eigenvalue weighted by Gasteiger charge is -2.25. The van der Waals surface area contributed by atoms with Crippen LogP contribution in [0.15, 0.2) is 18.2 Å². The summed E-state index contributed by atoms with van der Waals surface area (Å²) in [5, 5.41) is 3.59. The number of benzene rings is 1. The van der Waals surface area contributed by atoms with Crippen molar-refractivity contribution in [2.75, 3.05) is 26.4 Å². The van der Waals surface area contributed by atoms with Gasteiger partial charge in [-0.1, -0.05) is 13.0 Å². The predicted octanol–water partition coefficient (Wildman–Crippen LogP) is 2.38. The minimum absolute atomic E-state index is 0.351. The number of nitrogens with one attached hydrogen (secondary N) is 1. The minimum atomic E-state index is 0.351. The summed E-state index contributed by atoms with van der Waals surface area (Å²) in [4.78, 5) is 2.54. The van der Waals surface area contributed by atoms with Gasteiger partial charge in [0.25, 0.3) is 0 Å². The Morgan fingerprint density at radius 2 is 2.20 bits per heavy atom. The molecule has 0 bridgehead atoms. The van der Waals surface area contributed by atoms with E-state index in [1.807, 2.05) is 6.07 Å². The van der Waals surface area contributed by atoms with Gasteiger partial charge in [-0.15, -0.1) is 0 Å². The lowest BCUT2D eigenvalue weighted by Crippen LogP contribution is -2.37. The van der Waals surface area contributed by atoms with Crippen LogP contribution in [0.25, 0.3) is 0 Å². The number of fused-ring (bicyclic) bond motifs is 1. The molecule has 4 heteroatoms. The van der Waals surface area contributed by atoms with Gasteiger partial charge >= 0.3 is 0 Å². The molecule has 110 valence electrons. The highest BCUT2D eigenvalue weighted by Crippen LogP contribution is 2.32. The Morgan fingerprint density at radius 3 is 3.00 bits per heavy atom. The first kappa shape index (κ1) is 13.7. The second kappa shape index (κ2) is 6.46. The third-order valence-corrected chi connectivity index (χ3v) is 4.02. The van der Waals surface area contributed by atoms with Crippen molar-refractivity contribution in [3.05, 3.63) is 23.8 Å². The Hall–Kier alpha value is -1.26. The molecule has 1 N–H and O–H groups in total.